The van der Waals surface area contributed by atoms with Gasteiger partial charge < -0.3 is 5.73 Å². The number of rotatable bonds is 4. The highest BCUT2D eigenvalue weighted by molar-refractivity contribution is 7.88. The van der Waals surface area contributed by atoms with E-state index in [1.807, 2.05) is 18.4 Å². The zero-order valence-electron chi connectivity index (χ0n) is 18.7. The number of carbonyl (C=O) groups is 1. The second-order valence-corrected chi connectivity index (χ2v) is 11.7. The third kappa shape index (κ3) is 4.26. The van der Waals surface area contributed by atoms with Crippen molar-refractivity contribution in [3.05, 3.63) is 40.3 Å². The van der Waals surface area contributed by atoms with Gasteiger partial charge in [0.15, 0.2) is 5.96 Å². The molecule has 1 fully saturated rings. The normalized spacial score (nSPS) is 25.0. The van der Waals surface area contributed by atoms with E-state index in [1.54, 1.807) is 19.3 Å². The van der Waals surface area contributed by atoms with Gasteiger partial charge in [-0.05, 0) is 48.8 Å². The van der Waals surface area contributed by atoms with Crippen LogP contribution in [-0.2, 0) is 20.4 Å². The lowest BCUT2D eigenvalue weighted by atomic mass is 9.71. The van der Waals surface area contributed by atoms with Crippen LogP contribution >= 0.6 is 11.3 Å². The molecule has 2 N–H and O–H groups in total. The molecule has 11 heteroatoms. The number of hydrogen-bond donors (Lipinski definition) is 1. The van der Waals surface area contributed by atoms with Gasteiger partial charge in [-0.25, -0.2) is 17.7 Å². The van der Waals surface area contributed by atoms with Gasteiger partial charge in [-0.1, -0.05) is 0 Å². The number of nitrogens with two attached hydrogens (primary N) is 1. The van der Waals surface area contributed by atoms with Crippen LogP contribution in [0.25, 0.3) is 11.1 Å². The van der Waals surface area contributed by atoms with Crippen molar-refractivity contribution < 1.29 is 13.2 Å². The van der Waals surface area contributed by atoms with Crippen LogP contribution in [0.3, 0.4) is 0 Å². The Morgan fingerprint density at radius 2 is 1.94 bits per heavy atom. The molecule has 0 saturated carbocycles. The number of aromatic nitrogens is 1. The predicted octanol–water partition coefficient (Wildman–Crippen LogP) is 1.97. The summed E-state index contributed by atoms with van der Waals surface area (Å²) in [5, 5.41) is 11.2. The van der Waals surface area contributed by atoms with Crippen LogP contribution in [0.1, 0.15) is 30.2 Å². The van der Waals surface area contributed by atoms with Gasteiger partial charge in [0, 0.05) is 43.0 Å². The Morgan fingerprint density at radius 3 is 2.58 bits per heavy atom. The van der Waals surface area contributed by atoms with Crippen LogP contribution in [-0.4, -0.2) is 60.9 Å². The van der Waals surface area contributed by atoms with Crippen molar-refractivity contribution in [1.29, 1.82) is 5.26 Å². The zero-order chi connectivity index (χ0) is 24.0. The molecule has 0 radical (unpaired) electrons. The molecule has 9 nitrogen and oxygen atoms in total. The second-order valence-electron chi connectivity index (χ2n) is 8.77. The number of hydrogen-bond acceptors (Lipinski definition) is 8. The lowest BCUT2D eigenvalue weighted by Gasteiger charge is -2.45. The van der Waals surface area contributed by atoms with Crippen molar-refractivity contribution in [2.24, 2.45) is 22.6 Å². The minimum atomic E-state index is -3.26. The molecule has 0 aliphatic carbocycles. The van der Waals surface area contributed by atoms with Gasteiger partial charge in [0.1, 0.15) is 11.6 Å². The maximum absolute atomic E-state index is 13.5. The molecule has 4 heterocycles. The second kappa shape index (κ2) is 8.52. The SMILES string of the molecule is CN1C(=O)[C@H](C2CCN(S(C)(=O)=O)CC2)[C@@](C)(c2cc(-c3cncc(C#N)c3)cs2)N=C1N. The number of carbonyl (C=O) groups excluding carboxylic acids is 1. The number of sulfonamides is 1. The molecule has 0 aromatic carbocycles. The largest absolute Gasteiger partial charge is 0.369 e. The number of guanidine groups is 1. The summed E-state index contributed by atoms with van der Waals surface area (Å²) in [5.74, 6) is -0.443. The summed E-state index contributed by atoms with van der Waals surface area (Å²) in [7, 11) is -1.64. The maximum Gasteiger partial charge on any atom is 0.235 e. The van der Waals surface area contributed by atoms with Crippen LogP contribution in [0.5, 0.6) is 0 Å². The van der Waals surface area contributed by atoms with Crippen molar-refractivity contribution in [3.8, 4) is 17.2 Å². The number of nitrogens with zero attached hydrogens (tertiary/aromatic N) is 5. The fourth-order valence-corrected chi connectivity index (χ4v) is 6.70. The van der Waals surface area contributed by atoms with E-state index < -0.39 is 21.5 Å². The zero-order valence-corrected chi connectivity index (χ0v) is 20.4. The Morgan fingerprint density at radius 1 is 1.24 bits per heavy atom. The summed E-state index contributed by atoms with van der Waals surface area (Å²) in [5.41, 5.74) is 7.43. The molecule has 4 rings (SSSR count). The number of aliphatic imine (C=N–C) groups is 1. The van der Waals surface area contributed by atoms with E-state index in [4.69, 9.17) is 10.7 Å². The highest BCUT2D eigenvalue weighted by atomic mass is 32.2. The van der Waals surface area contributed by atoms with Crippen molar-refractivity contribution in [2.45, 2.75) is 25.3 Å². The van der Waals surface area contributed by atoms with E-state index in [2.05, 4.69) is 11.1 Å². The highest BCUT2D eigenvalue weighted by Crippen LogP contribution is 2.47. The van der Waals surface area contributed by atoms with E-state index >= 15 is 0 Å². The first-order valence-corrected chi connectivity index (χ1v) is 13.3. The monoisotopic (exact) mass is 486 g/mol. The standard InChI is InChI=1S/C22H26N6O3S2/c1-22(18-9-17(13-32-18)16-8-14(10-23)11-25-12-16)19(20(29)27(2)21(24)26-22)15-4-6-28(7-5-15)33(3,30)31/h8-9,11-13,15,19H,4-7H2,1-3H3,(H2,24,26)/t19-,22+/m0/s1. The Kier molecular flexibility index (Phi) is 6.03. The number of thiophene rings is 1. The lowest BCUT2D eigenvalue weighted by molar-refractivity contribution is -0.137. The summed E-state index contributed by atoms with van der Waals surface area (Å²) in [4.78, 5) is 24.7. The van der Waals surface area contributed by atoms with E-state index in [0.717, 1.165) is 16.0 Å². The Hall–Kier alpha value is -2.81. The average molecular weight is 487 g/mol. The molecule has 0 bridgehead atoms. The van der Waals surface area contributed by atoms with Crippen LogP contribution in [0.15, 0.2) is 34.9 Å². The molecule has 1 saturated heterocycles. The lowest BCUT2D eigenvalue weighted by Crippen LogP contribution is -2.57. The fourth-order valence-electron chi connectivity index (χ4n) is 4.77. The molecule has 0 unspecified atom stereocenters. The van der Waals surface area contributed by atoms with Crippen molar-refractivity contribution in [1.82, 2.24) is 14.2 Å². The molecule has 174 valence electrons. The van der Waals surface area contributed by atoms with Crippen LogP contribution < -0.4 is 5.73 Å². The minimum Gasteiger partial charge on any atom is -0.369 e. The predicted molar refractivity (Wildman–Crippen MR) is 127 cm³/mol. The summed E-state index contributed by atoms with van der Waals surface area (Å²) < 4.78 is 25.4. The average Bonchev–Trinajstić information content (AvgIpc) is 3.29. The van der Waals surface area contributed by atoms with Crippen molar-refractivity contribution in [2.75, 3.05) is 26.4 Å². The smallest absolute Gasteiger partial charge is 0.235 e. The quantitative estimate of drug-likeness (QED) is 0.702. The first-order valence-electron chi connectivity index (χ1n) is 10.6. The van der Waals surface area contributed by atoms with E-state index in [9.17, 15) is 18.5 Å². The molecular formula is C22H26N6O3S2. The molecule has 0 spiro atoms. The minimum absolute atomic E-state index is 0.0334. The third-order valence-electron chi connectivity index (χ3n) is 6.63. The van der Waals surface area contributed by atoms with Crippen molar-refractivity contribution in [3.63, 3.8) is 0 Å². The van der Waals surface area contributed by atoms with Gasteiger partial charge >= 0.3 is 0 Å². The van der Waals surface area contributed by atoms with E-state index in [-0.39, 0.29) is 17.8 Å². The van der Waals surface area contributed by atoms with Crippen LogP contribution in [0.2, 0.25) is 0 Å². The molecule has 2 aromatic rings. The van der Waals surface area contributed by atoms with Crippen LogP contribution in [0.4, 0.5) is 0 Å². The Labute approximate surface area is 197 Å². The van der Waals surface area contributed by atoms with Gasteiger partial charge in [-0.2, -0.15) is 5.26 Å². The first kappa shape index (κ1) is 23.4. The summed E-state index contributed by atoms with van der Waals surface area (Å²) in [6.07, 6.45) is 5.58. The fraction of sp³-hybridized carbons (Fsp3) is 0.455. The molecule has 1 amide bonds. The Bertz CT molecular complexity index is 1260. The number of nitriles is 1. The maximum atomic E-state index is 13.5. The molecule has 2 atom stereocenters. The molecule has 2 aromatic heterocycles. The van der Waals surface area contributed by atoms with Crippen LogP contribution in [0, 0.1) is 23.2 Å². The van der Waals surface area contributed by atoms with Gasteiger partial charge in [-0.15, -0.1) is 11.3 Å². The number of amides is 1. The summed E-state index contributed by atoms with van der Waals surface area (Å²) >= 11 is 1.49. The van der Waals surface area contributed by atoms with E-state index in [0.29, 0.717) is 31.5 Å². The molecule has 2 aliphatic heterocycles. The van der Waals surface area contributed by atoms with Crippen molar-refractivity contribution >= 4 is 33.2 Å². The van der Waals surface area contributed by atoms with Gasteiger partial charge in [0.25, 0.3) is 0 Å². The van der Waals surface area contributed by atoms with Gasteiger partial charge in [-0.3, -0.25) is 14.7 Å². The third-order valence-corrected chi connectivity index (χ3v) is 9.09. The Balaban J connectivity index is 1.71. The number of pyridine rings is 1. The molecule has 33 heavy (non-hydrogen) atoms. The molecular weight excluding hydrogens is 460 g/mol. The highest BCUT2D eigenvalue weighted by Gasteiger charge is 2.51. The summed E-state index contributed by atoms with van der Waals surface area (Å²) in [6, 6.07) is 5.86. The molecule has 2 aliphatic rings. The van der Waals surface area contributed by atoms with E-state index in [1.165, 1.54) is 33.0 Å². The van der Waals surface area contributed by atoms with Gasteiger partial charge in [0.2, 0.25) is 15.9 Å². The topological polar surface area (TPSA) is 133 Å². The van der Waals surface area contributed by atoms with Gasteiger partial charge in [0.05, 0.1) is 17.7 Å². The first-order chi connectivity index (χ1) is 15.5. The number of piperidine rings is 1. The summed E-state index contributed by atoms with van der Waals surface area (Å²) in [6.45, 7) is 2.70.